The lowest BCUT2D eigenvalue weighted by molar-refractivity contribution is -0.137. The molecule has 0 aliphatic heterocycles. The van der Waals surface area contributed by atoms with Crippen molar-refractivity contribution in [3.05, 3.63) is 69.2 Å². The second kappa shape index (κ2) is 8.30. The molecule has 0 atom stereocenters. The van der Waals surface area contributed by atoms with Crippen molar-refractivity contribution in [3.8, 4) is 5.75 Å². The minimum absolute atomic E-state index is 0.0193. The number of alkyl halides is 3. The van der Waals surface area contributed by atoms with E-state index < -0.39 is 17.6 Å². The maximum absolute atomic E-state index is 12.8. The van der Waals surface area contributed by atoms with Crippen molar-refractivity contribution in [3.63, 3.8) is 0 Å². The molecule has 0 radical (unpaired) electrons. The van der Waals surface area contributed by atoms with Gasteiger partial charge in [0.05, 0.1) is 21.2 Å². The first-order chi connectivity index (χ1) is 13.6. The van der Waals surface area contributed by atoms with E-state index in [1.807, 2.05) is 0 Å². The van der Waals surface area contributed by atoms with Crippen LogP contribution in [0.5, 0.6) is 5.75 Å². The van der Waals surface area contributed by atoms with Gasteiger partial charge in [-0.25, -0.2) is 4.98 Å². The predicted octanol–water partition coefficient (Wildman–Crippen LogP) is 5.53. The summed E-state index contributed by atoms with van der Waals surface area (Å²) in [4.78, 5) is 16.4. The number of carbonyl (C=O) groups excluding carboxylic acids is 1. The Morgan fingerprint density at radius 1 is 1.28 bits per heavy atom. The highest BCUT2D eigenvalue weighted by Crippen LogP contribution is 2.31. The number of aryl methyl sites for hydroxylation is 1. The Kier molecular flexibility index (Phi) is 5.99. The van der Waals surface area contributed by atoms with Crippen LogP contribution in [0.4, 0.5) is 19.0 Å². The zero-order chi connectivity index (χ0) is 21.2. The Hall–Kier alpha value is -2.78. The minimum Gasteiger partial charge on any atom is -0.489 e. The Morgan fingerprint density at radius 2 is 2.03 bits per heavy atom. The Morgan fingerprint density at radius 3 is 2.72 bits per heavy atom. The summed E-state index contributed by atoms with van der Waals surface area (Å²) in [6.07, 6.45) is -3.20. The minimum atomic E-state index is -4.50. The fourth-order valence-corrected chi connectivity index (χ4v) is 2.76. The number of aromatic nitrogens is 2. The van der Waals surface area contributed by atoms with E-state index in [0.29, 0.717) is 5.02 Å². The molecule has 1 amide bonds. The van der Waals surface area contributed by atoms with Crippen LogP contribution in [0.2, 0.25) is 10.0 Å². The Balaban J connectivity index is 1.77. The number of ether oxygens (including phenoxy) is 1. The Bertz CT molecular complexity index is 1050. The van der Waals surface area contributed by atoms with E-state index in [2.05, 4.69) is 15.5 Å². The maximum Gasteiger partial charge on any atom is 0.416 e. The van der Waals surface area contributed by atoms with E-state index in [-0.39, 0.29) is 40.2 Å². The van der Waals surface area contributed by atoms with Crippen LogP contribution in [0.25, 0.3) is 0 Å². The molecule has 3 aromatic rings. The zero-order valence-corrected chi connectivity index (χ0v) is 16.2. The second-order valence-corrected chi connectivity index (χ2v) is 6.66. The highest BCUT2D eigenvalue weighted by atomic mass is 35.5. The standard InChI is InChI=1S/C18H12Cl2F3N3O3/c1-9-13(8-28-12-4-2-3-10(5-12)18(21,22)23)15(26-29-9)17(27)25-16-14(20)6-11(19)7-24-16/h2-7H,8H2,1H3,(H,24,25,27). The molecule has 3 rings (SSSR count). The number of nitrogens with one attached hydrogen (secondary N) is 1. The number of anilines is 1. The van der Waals surface area contributed by atoms with Gasteiger partial charge < -0.3 is 14.6 Å². The first-order valence-corrected chi connectivity index (χ1v) is 8.78. The molecule has 0 fully saturated rings. The summed E-state index contributed by atoms with van der Waals surface area (Å²) in [6, 6.07) is 5.78. The molecular formula is C18H12Cl2F3N3O3. The van der Waals surface area contributed by atoms with Crippen molar-refractivity contribution >= 4 is 34.9 Å². The summed E-state index contributed by atoms with van der Waals surface area (Å²) in [6.45, 7) is 1.31. The first-order valence-electron chi connectivity index (χ1n) is 8.02. The van der Waals surface area contributed by atoms with Crippen LogP contribution in [0.3, 0.4) is 0 Å². The van der Waals surface area contributed by atoms with Crippen molar-refractivity contribution in [1.82, 2.24) is 10.1 Å². The van der Waals surface area contributed by atoms with Crippen LogP contribution >= 0.6 is 23.2 Å². The molecule has 0 spiro atoms. The molecule has 2 aromatic heterocycles. The third-order valence-electron chi connectivity index (χ3n) is 3.78. The second-order valence-electron chi connectivity index (χ2n) is 5.82. The van der Waals surface area contributed by atoms with Gasteiger partial charge in [0, 0.05) is 6.20 Å². The topological polar surface area (TPSA) is 77.3 Å². The van der Waals surface area contributed by atoms with E-state index in [4.69, 9.17) is 32.5 Å². The van der Waals surface area contributed by atoms with Crippen molar-refractivity contribution in [2.24, 2.45) is 0 Å². The van der Waals surface area contributed by atoms with E-state index in [1.165, 1.54) is 24.4 Å². The van der Waals surface area contributed by atoms with Crippen molar-refractivity contribution in [2.45, 2.75) is 19.7 Å². The number of pyridine rings is 1. The number of nitrogens with zero attached hydrogens (tertiary/aromatic N) is 2. The molecule has 0 aliphatic carbocycles. The van der Waals surface area contributed by atoms with Crippen molar-refractivity contribution < 1.29 is 27.2 Å². The molecule has 1 aromatic carbocycles. The molecule has 2 heterocycles. The van der Waals surface area contributed by atoms with Gasteiger partial charge in [-0.05, 0) is 31.2 Å². The third kappa shape index (κ3) is 4.99. The number of rotatable bonds is 5. The van der Waals surface area contributed by atoms with Crippen LogP contribution in [-0.4, -0.2) is 16.0 Å². The average molecular weight is 446 g/mol. The average Bonchev–Trinajstić information content (AvgIpc) is 3.02. The van der Waals surface area contributed by atoms with Crippen LogP contribution < -0.4 is 10.1 Å². The van der Waals surface area contributed by atoms with E-state index in [1.54, 1.807) is 6.92 Å². The largest absolute Gasteiger partial charge is 0.489 e. The molecule has 11 heteroatoms. The molecule has 1 N–H and O–H groups in total. The first kappa shape index (κ1) is 20.9. The third-order valence-corrected chi connectivity index (χ3v) is 4.28. The summed E-state index contributed by atoms with van der Waals surface area (Å²) in [7, 11) is 0. The van der Waals surface area contributed by atoms with Crippen LogP contribution in [0.15, 0.2) is 41.1 Å². The van der Waals surface area contributed by atoms with Crippen LogP contribution in [0, 0.1) is 6.92 Å². The van der Waals surface area contributed by atoms with E-state index in [0.717, 1.165) is 12.1 Å². The lowest BCUT2D eigenvalue weighted by atomic mass is 10.2. The van der Waals surface area contributed by atoms with Gasteiger partial charge in [-0.2, -0.15) is 13.2 Å². The molecule has 0 unspecified atom stereocenters. The lowest BCUT2D eigenvalue weighted by Gasteiger charge is -2.10. The predicted molar refractivity (Wildman–Crippen MR) is 99.2 cm³/mol. The van der Waals surface area contributed by atoms with Gasteiger partial charge in [-0.1, -0.05) is 34.4 Å². The van der Waals surface area contributed by atoms with Gasteiger partial charge in [0.1, 0.15) is 18.1 Å². The Labute approximate surface area is 172 Å². The summed E-state index contributed by atoms with van der Waals surface area (Å²) < 4.78 is 48.9. The summed E-state index contributed by atoms with van der Waals surface area (Å²) >= 11 is 11.7. The van der Waals surface area contributed by atoms with Crippen molar-refractivity contribution in [2.75, 3.05) is 5.32 Å². The van der Waals surface area contributed by atoms with Crippen LogP contribution in [-0.2, 0) is 12.8 Å². The van der Waals surface area contributed by atoms with E-state index >= 15 is 0 Å². The van der Waals surface area contributed by atoms with Gasteiger partial charge >= 0.3 is 6.18 Å². The van der Waals surface area contributed by atoms with E-state index in [9.17, 15) is 18.0 Å². The summed E-state index contributed by atoms with van der Waals surface area (Å²) in [5, 5.41) is 6.56. The SMILES string of the molecule is Cc1onc(C(=O)Nc2ncc(Cl)cc2Cl)c1COc1cccc(C(F)(F)F)c1. The fourth-order valence-electron chi connectivity index (χ4n) is 2.33. The lowest BCUT2D eigenvalue weighted by Crippen LogP contribution is -2.16. The number of amides is 1. The van der Waals surface area contributed by atoms with Gasteiger partial charge in [0.2, 0.25) is 0 Å². The van der Waals surface area contributed by atoms with Gasteiger partial charge in [-0.15, -0.1) is 0 Å². The molecule has 0 bridgehead atoms. The number of hydrogen-bond acceptors (Lipinski definition) is 5. The monoisotopic (exact) mass is 445 g/mol. The summed E-state index contributed by atoms with van der Waals surface area (Å²) in [5.74, 6) is -0.362. The van der Waals surface area contributed by atoms with Gasteiger partial charge in [-0.3, -0.25) is 4.79 Å². The van der Waals surface area contributed by atoms with Gasteiger partial charge in [0.15, 0.2) is 11.5 Å². The normalized spacial score (nSPS) is 11.4. The molecular weight excluding hydrogens is 434 g/mol. The highest BCUT2D eigenvalue weighted by molar-refractivity contribution is 6.36. The highest BCUT2D eigenvalue weighted by Gasteiger charge is 2.30. The maximum atomic E-state index is 12.8. The number of benzene rings is 1. The molecule has 29 heavy (non-hydrogen) atoms. The molecule has 6 nitrogen and oxygen atoms in total. The molecule has 0 saturated heterocycles. The number of carbonyl (C=O) groups is 1. The van der Waals surface area contributed by atoms with Crippen LogP contribution in [0.1, 0.15) is 27.4 Å². The smallest absolute Gasteiger partial charge is 0.416 e. The van der Waals surface area contributed by atoms with Crippen molar-refractivity contribution in [1.29, 1.82) is 0 Å². The zero-order valence-electron chi connectivity index (χ0n) is 14.7. The molecule has 0 aliphatic rings. The molecule has 152 valence electrons. The molecule has 0 saturated carbocycles. The number of halogens is 5. The quantitative estimate of drug-likeness (QED) is 0.558. The van der Waals surface area contributed by atoms with Gasteiger partial charge in [0.25, 0.3) is 5.91 Å². The number of hydrogen-bond donors (Lipinski definition) is 1. The fraction of sp³-hybridized carbons (Fsp3) is 0.167. The summed E-state index contributed by atoms with van der Waals surface area (Å²) in [5.41, 5.74) is -0.689.